The van der Waals surface area contributed by atoms with Gasteiger partial charge in [-0.2, -0.15) is 0 Å². The number of hydrogen-bond acceptors (Lipinski definition) is 4. The normalized spacial score (nSPS) is 20.0. The molecule has 2 fully saturated rings. The van der Waals surface area contributed by atoms with Crippen molar-refractivity contribution >= 4 is 90.5 Å². The molecule has 0 radical (unpaired) electrons. The SMILES string of the molecule is CC(C)c1ccc(N(c2ccc(C3CCCCC3)cc2)c2c3c(c(N(c4ccc(C(C)C)cc4)[C@H]4C=CC(C5CCCCC5)=CC4)c4ccc(C(C)(C)C)cc24)=CC(C(C)(C)C)CC=3)cc1.CC1=CC(N(c2cc(C)cc(C)c2)c2cc(C(C)C)c3ccc4c5c3c2CC=C5C(C(C)C)C=C4N(C2=C[C@H](C)CC(C)=C2)c2cc(C)cc(C)c2)CC(C)=C1. The van der Waals surface area contributed by atoms with Crippen LogP contribution in [0.2, 0.25) is 0 Å². The van der Waals surface area contributed by atoms with Crippen LogP contribution in [0.25, 0.3) is 45.0 Å². The zero-order chi connectivity index (χ0) is 86.1. The molecule has 8 aliphatic rings. The summed E-state index contributed by atoms with van der Waals surface area (Å²) in [6.45, 7) is 51.5. The van der Waals surface area contributed by atoms with Crippen molar-refractivity contribution in [3.8, 4) is 0 Å². The van der Waals surface area contributed by atoms with Gasteiger partial charge in [-0.15, -0.1) is 0 Å². The summed E-state index contributed by atoms with van der Waals surface area (Å²) in [6.07, 6.45) is 46.6. The highest BCUT2D eigenvalue weighted by molar-refractivity contribution is 6.11. The molecule has 4 heteroatoms. The third-order valence-electron chi connectivity index (χ3n) is 28.7. The molecule has 2 saturated carbocycles. The van der Waals surface area contributed by atoms with E-state index in [0.717, 1.165) is 32.1 Å². The second kappa shape index (κ2) is 35.2. The van der Waals surface area contributed by atoms with Crippen molar-refractivity contribution in [2.24, 2.45) is 35.0 Å². The molecular formula is C118H142N4. The van der Waals surface area contributed by atoms with Gasteiger partial charge in [-0.3, -0.25) is 0 Å². The lowest BCUT2D eigenvalue weighted by atomic mass is 9.71. The van der Waals surface area contributed by atoms with Gasteiger partial charge in [0.25, 0.3) is 0 Å². The summed E-state index contributed by atoms with van der Waals surface area (Å²) in [6, 6.07) is 58.6. The quantitative estimate of drug-likeness (QED) is 0.0794. The minimum absolute atomic E-state index is 0.0289. The second-order valence-corrected chi connectivity index (χ2v) is 42.0. The highest BCUT2D eigenvalue weighted by Gasteiger charge is 2.39. The van der Waals surface area contributed by atoms with Crippen molar-refractivity contribution in [3.63, 3.8) is 0 Å². The number of fused-ring (bicyclic) bond motifs is 2. The fraction of sp³-hybridized carbons (Fsp3) is 0.424. The maximum absolute atomic E-state index is 2.76. The Labute approximate surface area is 735 Å². The molecule has 0 aliphatic heterocycles. The van der Waals surface area contributed by atoms with Gasteiger partial charge in [0.2, 0.25) is 0 Å². The molecule has 0 heterocycles. The molecule has 122 heavy (non-hydrogen) atoms. The lowest BCUT2D eigenvalue weighted by Gasteiger charge is -2.41. The molecule has 4 nitrogen and oxygen atoms in total. The number of aryl methyl sites for hydroxylation is 4. The molecule has 9 aromatic rings. The van der Waals surface area contributed by atoms with Gasteiger partial charge in [-0.25, -0.2) is 0 Å². The van der Waals surface area contributed by atoms with Gasteiger partial charge in [0, 0.05) is 72.5 Å². The van der Waals surface area contributed by atoms with E-state index >= 15 is 0 Å². The molecule has 0 N–H and O–H groups in total. The van der Waals surface area contributed by atoms with Crippen molar-refractivity contribution in [2.75, 3.05) is 19.6 Å². The first-order valence-electron chi connectivity index (χ1n) is 47.5. The fourth-order valence-electron chi connectivity index (χ4n) is 22.3. The van der Waals surface area contributed by atoms with E-state index < -0.39 is 0 Å². The summed E-state index contributed by atoms with van der Waals surface area (Å²) in [7, 11) is 0. The largest absolute Gasteiger partial charge is 0.334 e. The van der Waals surface area contributed by atoms with Crippen molar-refractivity contribution in [1.82, 2.24) is 0 Å². The number of benzene rings is 9. The molecule has 0 aromatic heterocycles. The van der Waals surface area contributed by atoms with Gasteiger partial charge >= 0.3 is 0 Å². The molecular weight excluding hydrogens is 1470 g/mol. The molecule has 0 spiro atoms. The monoisotopic (exact) mass is 1620 g/mol. The first-order valence-corrected chi connectivity index (χ1v) is 47.5. The van der Waals surface area contributed by atoms with Crippen molar-refractivity contribution in [2.45, 2.75) is 290 Å². The highest BCUT2D eigenvalue weighted by atomic mass is 15.2. The summed E-state index contributed by atoms with van der Waals surface area (Å²) < 4.78 is 0. The molecule has 634 valence electrons. The van der Waals surface area contributed by atoms with E-state index in [9.17, 15) is 0 Å². The summed E-state index contributed by atoms with van der Waals surface area (Å²) >= 11 is 0. The maximum atomic E-state index is 2.76. The van der Waals surface area contributed by atoms with E-state index in [2.05, 4.69) is 384 Å². The van der Waals surface area contributed by atoms with Crippen LogP contribution in [0.15, 0.2) is 228 Å². The maximum Gasteiger partial charge on any atom is 0.0616 e. The predicted octanol–water partition coefficient (Wildman–Crippen LogP) is 32.4. The van der Waals surface area contributed by atoms with Crippen molar-refractivity contribution in [3.05, 3.63) is 305 Å². The van der Waals surface area contributed by atoms with Gasteiger partial charge < -0.3 is 19.6 Å². The molecule has 0 saturated heterocycles. The Morgan fingerprint density at radius 3 is 1.61 bits per heavy atom. The molecule has 9 aromatic carbocycles. The Hall–Kier alpha value is -9.64. The van der Waals surface area contributed by atoms with Crippen LogP contribution in [0.5, 0.6) is 0 Å². The molecule has 17 rings (SSSR count). The van der Waals surface area contributed by atoms with Gasteiger partial charge in [0.15, 0.2) is 0 Å². The van der Waals surface area contributed by atoms with Gasteiger partial charge in [-0.05, 0) is 326 Å². The third kappa shape index (κ3) is 17.5. The predicted molar refractivity (Wildman–Crippen MR) is 532 cm³/mol. The first-order chi connectivity index (χ1) is 58.3. The van der Waals surface area contributed by atoms with E-state index in [1.165, 1.54) is 242 Å². The van der Waals surface area contributed by atoms with Gasteiger partial charge in [0.1, 0.15) is 0 Å². The van der Waals surface area contributed by atoms with Gasteiger partial charge in [-0.1, -0.05) is 293 Å². The summed E-state index contributed by atoms with van der Waals surface area (Å²) in [5, 5.41) is 8.25. The fourth-order valence-corrected chi connectivity index (χ4v) is 22.3. The van der Waals surface area contributed by atoms with Crippen LogP contribution in [0.4, 0.5) is 45.5 Å². The zero-order valence-corrected chi connectivity index (χ0v) is 78.5. The van der Waals surface area contributed by atoms with Crippen LogP contribution in [0, 0.1) is 62.7 Å². The summed E-state index contributed by atoms with van der Waals surface area (Å²) in [5.41, 5.74) is 36.8. The van der Waals surface area contributed by atoms with Gasteiger partial charge in [0.05, 0.1) is 29.2 Å². The van der Waals surface area contributed by atoms with Crippen LogP contribution in [-0.2, 0) is 11.8 Å². The van der Waals surface area contributed by atoms with Crippen molar-refractivity contribution in [1.29, 1.82) is 0 Å². The lowest BCUT2D eigenvalue weighted by molar-refractivity contribution is 0.314. The Balaban J connectivity index is 0.000000183. The van der Waals surface area contributed by atoms with E-state index in [1.54, 1.807) is 5.57 Å². The van der Waals surface area contributed by atoms with E-state index in [0.29, 0.717) is 53.3 Å². The van der Waals surface area contributed by atoms with Crippen molar-refractivity contribution < 1.29 is 0 Å². The topological polar surface area (TPSA) is 13.0 Å². The number of anilines is 8. The lowest BCUT2D eigenvalue weighted by Crippen LogP contribution is -2.42. The Morgan fingerprint density at radius 2 is 1.04 bits per heavy atom. The molecule has 8 aliphatic carbocycles. The standard InChI is InChI=1S/C64H80N2.C54H62N2/c1-43(2)45-21-31-53(32-22-45)65(55-35-25-49(26-36-55)47-17-13-11-14-18-47)61-57-39-29-52(64(8,9)10)42-60(57)62(58-40-30-51(41-59(58)61)63(5,6)7)66(54-33-23-46(24-34-54)44(3)4)56-37-27-50(28-38-56)48-19-15-12-16-20-48;1-31(2)49-29-51(55(41-21-33(5)17-34(6)22-41)42-23-35(7)18-36(8)24-42)47-16-14-46-50(32(3)4)30-52(48-15-13-45(49)53(47)54(46)48)56(43-25-37(9)19-38(10)26-43)44-27-39(11)20-40(12)28-44/h21-29,31-35,37-44,47-48,51,55H,11-20,30,36H2,1-10H3;13-15,17-19,21-23,25-32,39,42,50H,16,20,24H2,1-12H3/t51?,55-;39-,42?,50?/m01/s1. The van der Waals surface area contributed by atoms with Crippen LogP contribution < -0.4 is 30.0 Å². The van der Waals surface area contributed by atoms with E-state index in [-0.39, 0.29) is 22.9 Å². The summed E-state index contributed by atoms with van der Waals surface area (Å²) in [5.74, 6) is 4.29. The molecule has 0 amide bonds. The zero-order valence-electron chi connectivity index (χ0n) is 78.5. The minimum Gasteiger partial charge on any atom is -0.334 e. The molecule has 3 unspecified atom stereocenters. The van der Waals surface area contributed by atoms with E-state index in [4.69, 9.17) is 0 Å². The molecule has 0 bridgehead atoms. The van der Waals surface area contributed by atoms with Crippen LogP contribution in [-0.4, -0.2) is 12.1 Å². The minimum atomic E-state index is -0.0289. The van der Waals surface area contributed by atoms with Crippen LogP contribution in [0.3, 0.4) is 0 Å². The first kappa shape index (κ1) is 85.9. The number of allylic oxidation sites excluding steroid dienone is 10. The van der Waals surface area contributed by atoms with Crippen LogP contribution in [0.1, 0.15) is 305 Å². The average molecular weight is 1620 g/mol. The second-order valence-electron chi connectivity index (χ2n) is 42.0. The number of rotatable bonds is 18. The Kier molecular flexibility index (Phi) is 24.8. The highest BCUT2D eigenvalue weighted by Crippen LogP contribution is 2.55. The Morgan fingerprint density at radius 1 is 0.451 bits per heavy atom. The number of nitrogens with zero attached hydrogens (tertiary/aromatic N) is 4. The third-order valence-corrected chi connectivity index (χ3v) is 28.7. The van der Waals surface area contributed by atoms with E-state index in [1.807, 2.05) is 0 Å². The smallest absolute Gasteiger partial charge is 0.0616 e. The average Bonchev–Trinajstić information content (AvgIpc) is 0.592. The Bertz CT molecular complexity index is 5800. The number of hydrogen-bond donors (Lipinski definition) is 0. The summed E-state index contributed by atoms with van der Waals surface area (Å²) in [4.78, 5) is 10.7. The molecule has 5 atom stereocenters. The van der Waals surface area contributed by atoms with Crippen LogP contribution >= 0.6 is 0 Å².